The second-order valence-electron chi connectivity index (χ2n) is 5.00. The van der Waals surface area contributed by atoms with Crippen LogP contribution in [0.1, 0.15) is 5.69 Å². The number of guanidine groups is 1. The fourth-order valence-corrected chi connectivity index (χ4v) is 2.37. The van der Waals surface area contributed by atoms with E-state index in [9.17, 15) is 0 Å². The molecule has 0 fully saturated rings. The van der Waals surface area contributed by atoms with Crippen molar-refractivity contribution in [3.63, 3.8) is 0 Å². The van der Waals surface area contributed by atoms with E-state index < -0.39 is 0 Å². The number of hydrogen-bond donors (Lipinski definition) is 2. The molecule has 0 aliphatic rings. The molecule has 6 nitrogen and oxygen atoms in total. The van der Waals surface area contributed by atoms with Crippen LogP contribution in [0.2, 0.25) is 0 Å². The smallest absolute Gasteiger partial charge is 0.211 e. The van der Waals surface area contributed by atoms with Gasteiger partial charge in [-0.3, -0.25) is 0 Å². The first-order chi connectivity index (χ1) is 11.2. The van der Waals surface area contributed by atoms with Crippen molar-refractivity contribution in [3.05, 3.63) is 72.8 Å². The van der Waals surface area contributed by atoms with Gasteiger partial charge in [0.15, 0.2) is 0 Å². The molecule has 0 spiro atoms. The molecule has 0 amide bonds. The quantitative estimate of drug-likeness (QED) is 0.429. The molecule has 4 N–H and O–H groups in total. The van der Waals surface area contributed by atoms with Crippen LogP contribution >= 0.6 is 0 Å². The summed E-state index contributed by atoms with van der Waals surface area (Å²) in [6, 6.07) is 16.4. The van der Waals surface area contributed by atoms with E-state index in [1.54, 1.807) is 6.21 Å². The maximum absolute atomic E-state index is 5.23. The van der Waals surface area contributed by atoms with E-state index in [2.05, 4.69) is 43.6 Å². The van der Waals surface area contributed by atoms with Crippen LogP contribution in [0.15, 0.2) is 77.3 Å². The molecule has 0 bridgehead atoms. The number of hydrogen-bond acceptors (Lipinski definition) is 2. The van der Waals surface area contributed by atoms with Gasteiger partial charge in [-0.2, -0.15) is 5.10 Å². The predicted octanol–water partition coefficient (Wildman–Crippen LogP) is 2.07. The van der Waals surface area contributed by atoms with Crippen molar-refractivity contribution in [2.75, 3.05) is 0 Å². The van der Waals surface area contributed by atoms with Crippen LogP contribution in [0.25, 0.3) is 11.4 Å². The zero-order valence-electron chi connectivity index (χ0n) is 12.6. The van der Waals surface area contributed by atoms with Gasteiger partial charge in [0.2, 0.25) is 5.96 Å². The molecule has 0 saturated heterocycles. The lowest BCUT2D eigenvalue weighted by Crippen LogP contribution is -2.21. The van der Waals surface area contributed by atoms with Crippen molar-refractivity contribution in [1.29, 1.82) is 0 Å². The van der Waals surface area contributed by atoms with Gasteiger partial charge in [-0.15, -0.1) is 5.10 Å². The summed E-state index contributed by atoms with van der Waals surface area (Å²) in [5.41, 5.74) is 13.8. The fourth-order valence-electron chi connectivity index (χ4n) is 2.37. The van der Waals surface area contributed by atoms with E-state index in [0.29, 0.717) is 6.42 Å². The third kappa shape index (κ3) is 3.49. The van der Waals surface area contributed by atoms with E-state index in [0.717, 1.165) is 17.1 Å². The van der Waals surface area contributed by atoms with Gasteiger partial charge in [0.1, 0.15) is 0 Å². The second-order valence-corrected chi connectivity index (χ2v) is 5.00. The summed E-state index contributed by atoms with van der Waals surface area (Å²) in [5, 5.41) is 7.42. The molecule has 0 saturated carbocycles. The molecular formula is C17H18N6. The monoisotopic (exact) mass is 306 g/mol. The molecule has 0 unspecified atom stereocenters. The Labute approximate surface area is 134 Å². The van der Waals surface area contributed by atoms with Crippen molar-refractivity contribution in [1.82, 2.24) is 9.13 Å². The average molecular weight is 306 g/mol. The summed E-state index contributed by atoms with van der Waals surface area (Å²) in [5.74, 6) is -0.0442. The Hall–Kier alpha value is -3.28. The normalized spacial score (nSPS) is 11.0. The Balaban J connectivity index is 1.79. The second kappa shape index (κ2) is 6.65. The maximum atomic E-state index is 5.23. The minimum Gasteiger partial charge on any atom is -0.369 e. The molecule has 6 heteroatoms. The van der Waals surface area contributed by atoms with Gasteiger partial charge in [-0.1, -0.05) is 0 Å². The summed E-state index contributed by atoms with van der Waals surface area (Å²) >= 11 is 0. The zero-order chi connectivity index (χ0) is 16.1. The summed E-state index contributed by atoms with van der Waals surface area (Å²) in [6.45, 7) is 0. The molecule has 2 heterocycles. The van der Waals surface area contributed by atoms with E-state index in [1.807, 2.05) is 42.9 Å². The first-order valence-corrected chi connectivity index (χ1v) is 7.24. The van der Waals surface area contributed by atoms with Gasteiger partial charge >= 0.3 is 0 Å². The highest BCUT2D eigenvalue weighted by Crippen LogP contribution is 2.16. The minimum absolute atomic E-state index is 0.0442. The molecule has 3 rings (SSSR count). The van der Waals surface area contributed by atoms with Gasteiger partial charge in [0.05, 0.1) is 0 Å². The van der Waals surface area contributed by atoms with Gasteiger partial charge in [-0.05, 0) is 48.5 Å². The Kier molecular flexibility index (Phi) is 4.24. The third-order valence-electron chi connectivity index (χ3n) is 3.42. The van der Waals surface area contributed by atoms with Crippen LogP contribution in [0.5, 0.6) is 0 Å². The van der Waals surface area contributed by atoms with Crippen LogP contribution in [-0.2, 0) is 6.42 Å². The van der Waals surface area contributed by atoms with E-state index in [1.165, 1.54) is 0 Å². The van der Waals surface area contributed by atoms with Crippen LogP contribution in [0, 0.1) is 0 Å². The standard InChI is InChI=1S/C17H18N6/c18-17(19)21-20-10-9-15-4-3-13-23(15)16-7-5-14(6-8-16)22-11-1-2-12-22/h1-8,10-13H,9H2,(H4,18,19,21). The minimum atomic E-state index is -0.0442. The molecule has 23 heavy (non-hydrogen) atoms. The van der Waals surface area contributed by atoms with Crippen molar-refractivity contribution >= 4 is 12.2 Å². The molecule has 1 aromatic carbocycles. The lowest BCUT2D eigenvalue weighted by atomic mass is 10.2. The predicted molar refractivity (Wildman–Crippen MR) is 93.1 cm³/mol. The lowest BCUT2D eigenvalue weighted by Gasteiger charge is -2.09. The lowest BCUT2D eigenvalue weighted by molar-refractivity contribution is 0.985. The average Bonchev–Trinajstić information content (AvgIpc) is 3.23. The fraction of sp³-hybridized carbons (Fsp3) is 0.0588. The molecule has 0 aliphatic carbocycles. The van der Waals surface area contributed by atoms with Crippen LogP contribution in [-0.4, -0.2) is 21.3 Å². The van der Waals surface area contributed by atoms with Crippen molar-refractivity contribution in [3.8, 4) is 11.4 Å². The van der Waals surface area contributed by atoms with E-state index in [4.69, 9.17) is 11.5 Å². The number of rotatable bonds is 5. The highest BCUT2D eigenvalue weighted by atomic mass is 15.3. The first kappa shape index (κ1) is 14.6. The Morgan fingerprint density at radius 3 is 2.30 bits per heavy atom. The van der Waals surface area contributed by atoms with Crippen molar-refractivity contribution in [2.45, 2.75) is 6.42 Å². The number of nitrogens with zero attached hydrogens (tertiary/aromatic N) is 4. The van der Waals surface area contributed by atoms with Crippen molar-refractivity contribution in [2.24, 2.45) is 21.7 Å². The SMILES string of the molecule is NC(N)=NN=CCc1cccn1-c1ccc(-n2cccc2)cc1. The molecular weight excluding hydrogens is 288 g/mol. The molecule has 3 aromatic rings. The zero-order valence-corrected chi connectivity index (χ0v) is 12.6. The highest BCUT2D eigenvalue weighted by molar-refractivity contribution is 5.76. The summed E-state index contributed by atoms with van der Waals surface area (Å²) in [4.78, 5) is 0. The summed E-state index contributed by atoms with van der Waals surface area (Å²) in [6.07, 6.45) is 8.39. The van der Waals surface area contributed by atoms with Gasteiger partial charge in [-0.25, -0.2) is 0 Å². The Morgan fingerprint density at radius 1 is 0.913 bits per heavy atom. The Bertz CT molecular complexity index is 805. The van der Waals surface area contributed by atoms with Crippen LogP contribution in [0.3, 0.4) is 0 Å². The summed E-state index contributed by atoms with van der Waals surface area (Å²) in [7, 11) is 0. The van der Waals surface area contributed by atoms with Gasteiger partial charge in [0.25, 0.3) is 0 Å². The number of nitrogens with two attached hydrogens (primary N) is 2. The van der Waals surface area contributed by atoms with Gasteiger partial charge in [0, 0.05) is 48.3 Å². The maximum Gasteiger partial charge on any atom is 0.211 e. The molecule has 116 valence electrons. The van der Waals surface area contributed by atoms with Crippen LogP contribution in [0.4, 0.5) is 0 Å². The number of aromatic nitrogens is 2. The molecule has 2 aromatic heterocycles. The highest BCUT2D eigenvalue weighted by Gasteiger charge is 2.03. The Morgan fingerprint density at radius 2 is 1.61 bits per heavy atom. The van der Waals surface area contributed by atoms with Crippen LogP contribution < -0.4 is 11.5 Å². The van der Waals surface area contributed by atoms with Gasteiger partial charge < -0.3 is 20.6 Å². The summed E-state index contributed by atoms with van der Waals surface area (Å²) < 4.78 is 4.18. The first-order valence-electron chi connectivity index (χ1n) is 7.24. The molecule has 0 aliphatic heterocycles. The molecule has 0 atom stereocenters. The molecule has 0 radical (unpaired) electrons. The third-order valence-corrected chi connectivity index (χ3v) is 3.42. The van der Waals surface area contributed by atoms with E-state index in [-0.39, 0.29) is 5.96 Å². The van der Waals surface area contributed by atoms with E-state index >= 15 is 0 Å². The number of benzene rings is 1. The largest absolute Gasteiger partial charge is 0.369 e. The topological polar surface area (TPSA) is 86.6 Å². The van der Waals surface area contributed by atoms with Crippen molar-refractivity contribution < 1.29 is 0 Å².